The Labute approximate surface area is 89.6 Å². The van der Waals surface area contributed by atoms with E-state index in [0.29, 0.717) is 13.0 Å². The molecule has 0 unspecified atom stereocenters. The number of carbonyl (C=O) groups is 1. The van der Waals surface area contributed by atoms with Crippen molar-refractivity contribution in [2.75, 3.05) is 6.61 Å². The van der Waals surface area contributed by atoms with Gasteiger partial charge in [-0.1, -0.05) is 24.6 Å². The number of carbonyl (C=O) groups excluding carboxylic acids is 1. The molecule has 1 aromatic carbocycles. The second kappa shape index (κ2) is 5.66. The van der Waals surface area contributed by atoms with Crippen LogP contribution in [-0.4, -0.2) is 12.6 Å². The van der Waals surface area contributed by atoms with Crippen LogP contribution in [0.1, 0.15) is 11.1 Å². The molecule has 2 heteroatoms. The van der Waals surface area contributed by atoms with Crippen molar-refractivity contribution in [3.8, 4) is 12.3 Å². The molecule has 1 aromatic rings. The van der Waals surface area contributed by atoms with E-state index in [-0.39, 0.29) is 0 Å². The quantitative estimate of drug-likeness (QED) is 0.422. The first-order chi connectivity index (χ1) is 7.26. The van der Waals surface area contributed by atoms with Gasteiger partial charge in [-0.3, -0.25) is 0 Å². The topological polar surface area (TPSA) is 26.3 Å². The Bertz CT molecular complexity index is 382. The van der Waals surface area contributed by atoms with Crippen molar-refractivity contribution in [1.82, 2.24) is 0 Å². The van der Waals surface area contributed by atoms with Gasteiger partial charge in [0.2, 0.25) is 0 Å². The van der Waals surface area contributed by atoms with Crippen LogP contribution < -0.4 is 0 Å². The van der Waals surface area contributed by atoms with E-state index in [1.165, 1.54) is 0 Å². The number of terminal acetylenes is 1. The summed E-state index contributed by atoms with van der Waals surface area (Å²) in [7, 11) is 0. The Morgan fingerprint density at radius 2 is 2.13 bits per heavy atom. The van der Waals surface area contributed by atoms with Crippen LogP contribution in [-0.2, 0) is 16.0 Å². The van der Waals surface area contributed by atoms with Crippen molar-refractivity contribution in [1.29, 1.82) is 0 Å². The number of esters is 1. The molecule has 0 bridgehead atoms. The van der Waals surface area contributed by atoms with E-state index >= 15 is 0 Å². The molecule has 0 N–H and O–H groups in total. The fourth-order valence-electron chi connectivity index (χ4n) is 1.10. The minimum atomic E-state index is -0.393. The van der Waals surface area contributed by atoms with Crippen LogP contribution in [0.4, 0.5) is 0 Å². The van der Waals surface area contributed by atoms with Crippen molar-refractivity contribution in [2.45, 2.75) is 6.42 Å². The molecule has 2 nitrogen and oxygen atoms in total. The lowest BCUT2D eigenvalue weighted by atomic mass is 10.1. The zero-order chi connectivity index (χ0) is 11.1. The highest BCUT2D eigenvalue weighted by Crippen LogP contribution is 2.04. The Kier molecular flexibility index (Phi) is 4.18. The first-order valence-electron chi connectivity index (χ1n) is 4.61. The normalized spacial score (nSPS) is 9.00. The predicted octanol–water partition coefficient (Wildman–Crippen LogP) is 1.94. The Morgan fingerprint density at radius 1 is 1.47 bits per heavy atom. The Morgan fingerprint density at radius 3 is 2.67 bits per heavy atom. The SMILES string of the molecule is C#Cc1ccc(CCOC(=O)C=C)cc1. The number of benzene rings is 1. The van der Waals surface area contributed by atoms with Crippen molar-refractivity contribution >= 4 is 5.97 Å². The van der Waals surface area contributed by atoms with Gasteiger partial charge in [-0.25, -0.2) is 4.79 Å². The molecule has 0 fully saturated rings. The highest BCUT2D eigenvalue weighted by molar-refractivity contribution is 5.81. The highest BCUT2D eigenvalue weighted by Gasteiger charge is 1.97. The maximum Gasteiger partial charge on any atom is 0.330 e. The van der Waals surface area contributed by atoms with Crippen LogP contribution in [0.3, 0.4) is 0 Å². The van der Waals surface area contributed by atoms with E-state index in [2.05, 4.69) is 12.5 Å². The zero-order valence-corrected chi connectivity index (χ0v) is 8.40. The van der Waals surface area contributed by atoms with Crippen LogP contribution in [0, 0.1) is 12.3 Å². The van der Waals surface area contributed by atoms with Crippen molar-refractivity contribution in [3.63, 3.8) is 0 Å². The van der Waals surface area contributed by atoms with E-state index < -0.39 is 5.97 Å². The standard InChI is InChI=1S/C13H12O2/c1-3-11-5-7-12(8-6-11)9-10-15-13(14)4-2/h1,4-8H,2,9-10H2. The fraction of sp³-hybridized carbons (Fsp3) is 0.154. The highest BCUT2D eigenvalue weighted by atomic mass is 16.5. The zero-order valence-electron chi connectivity index (χ0n) is 8.40. The minimum Gasteiger partial charge on any atom is -0.462 e. The molecular weight excluding hydrogens is 188 g/mol. The van der Waals surface area contributed by atoms with Crippen LogP contribution in [0.25, 0.3) is 0 Å². The van der Waals surface area contributed by atoms with Gasteiger partial charge in [0.25, 0.3) is 0 Å². The molecule has 0 atom stereocenters. The number of rotatable bonds is 4. The molecule has 0 saturated carbocycles. The van der Waals surface area contributed by atoms with Crippen molar-refractivity contribution < 1.29 is 9.53 Å². The van der Waals surface area contributed by atoms with Gasteiger partial charge in [0.1, 0.15) is 0 Å². The predicted molar refractivity (Wildman–Crippen MR) is 59.2 cm³/mol. The monoisotopic (exact) mass is 200 g/mol. The molecule has 0 heterocycles. The number of ether oxygens (including phenoxy) is 1. The molecule has 0 aromatic heterocycles. The summed E-state index contributed by atoms with van der Waals surface area (Å²) < 4.78 is 4.85. The molecule has 0 spiro atoms. The maximum absolute atomic E-state index is 10.7. The molecule has 0 aliphatic rings. The summed E-state index contributed by atoms with van der Waals surface area (Å²) in [6, 6.07) is 7.59. The van der Waals surface area contributed by atoms with Gasteiger partial charge in [-0.2, -0.15) is 0 Å². The Hall–Kier alpha value is -2.01. The first-order valence-corrected chi connectivity index (χ1v) is 4.61. The third-order valence-electron chi connectivity index (χ3n) is 1.92. The lowest BCUT2D eigenvalue weighted by Gasteiger charge is -2.02. The maximum atomic E-state index is 10.7. The van der Waals surface area contributed by atoms with Crippen molar-refractivity contribution in [3.05, 3.63) is 48.0 Å². The van der Waals surface area contributed by atoms with Crippen LogP contribution in [0.2, 0.25) is 0 Å². The fourth-order valence-corrected chi connectivity index (χ4v) is 1.10. The molecule has 0 radical (unpaired) electrons. The van der Waals surface area contributed by atoms with Gasteiger partial charge in [0.15, 0.2) is 0 Å². The van der Waals surface area contributed by atoms with E-state index in [0.717, 1.165) is 17.2 Å². The molecule has 76 valence electrons. The molecule has 1 rings (SSSR count). The number of hydrogen-bond acceptors (Lipinski definition) is 2. The van der Waals surface area contributed by atoms with Gasteiger partial charge in [0, 0.05) is 18.1 Å². The first kappa shape index (κ1) is 11.1. The minimum absolute atomic E-state index is 0.361. The second-order valence-corrected chi connectivity index (χ2v) is 2.96. The average molecular weight is 200 g/mol. The molecule has 0 amide bonds. The Balaban J connectivity index is 2.42. The van der Waals surface area contributed by atoms with Gasteiger partial charge < -0.3 is 4.74 Å². The number of hydrogen-bond donors (Lipinski definition) is 0. The molecular formula is C13H12O2. The average Bonchev–Trinajstić information content (AvgIpc) is 2.29. The van der Waals surface area contributed by atoms with Crippen LogP contribution in [0.15, 0.2) is 36.9 Å². The summed E-state index contributed by atoms with van der Waals surface area (Å²) in [6.45, 7) is 3.67. The smallest absolute Gasteiger partial charge is 0.330 e. The molecule has 0 aliphatic heterocycles. The second-order valence-electron chi connectivity index (χ2n) is 2.96. The largest absolute Gasteiger partial charge is 0.462 e. The van der Waals surface area contributed by atoms with E-state index in [1.54, 1.807) is 0 Å². The van der Waals surface area contributed by atoms with Gasteiger partial charge in [0.05, 0.1) is 6.61 Å². The summed E-state index contributed by atoms with van der Waals surface area (Å²) in [5.41, 5.74) is 1.94. The summed E-state index contributed by atoms with van der Waals surface area (Å²) in [5, 5.41) is 0. The van der Waals surface area contributed by atoms with E-state index in [9.17, 15) is 4.79 Å². The van der Waals surface area contributed by atoms with Gasteiger partial charge in [-0.05, 0) is 17.7 Å². The van der Waals surface area contributed by atoms with Crippen molar-refractivity contribution in [2.24, 2.45) is 0 Å². The summed E-state index contributed by atoms with van der Waals surface area (Å²) in [4.78, 5) is 10.7. The molecule has 0 saturated heterocycles. The summed E-state index contributed by atoms with van der Waals surface area (Å²) >= 11 is 0. The summed E-state index contributed by atoms with van der Waals surface area (Å²) in [5.74, 6) is 2.15. The van der Waals surface area contributed by atoms with E-state index in [4.69, 9.17) is 11.2 Å². The molecule has 15 heavy (non-hydrogen) atoms. The van der Waals surface area contributed by atoms with Gasteiger partial charge >= 0.3 is 5.97 Å². The summed E-state index contributed by atoms with van der Waals surface area (Å²) in [6.07, 6.45) is 7.07. The lowest BCUT2D eigenvalue weighted by molar-refractivity contribution is -0.137. The van der Waals surface area contributed by atoms with Crippen LogP contribution >= 0.6 is 0 Å². The lowest BCUT2D eigenvalue weighted by Crippen LogP contribution is -2.04. The van der Waals surface area contributed by atoms with E-state index in [1.807, 2.05) is 24.3 Å². The molecule has 0 aliphatic carbocycles. The third kappa shape index (κ3) is 3.70. The third-order valence-corrected chi connectivity index (χ3v) is 1.92. The van der Waals surface area contributed by atoms with Gasteiger partial charge in [-0.15, -0.1) is 6.42 Å². The van der Waals surface area contributed by atoms with Crippen LogP contribution in [0.5, 0.6) is 0 Å².